The van der Waals surface area contributed by atoms with E-state index in [-0.39, 0.29) is 23.8 Å². The van der Waals surface area contributed by atoms with Crippen molar-refractivity contribution in [3.63, 3.8) is 0 Å². The lowest BCUT2D eigenvalue weighted by Crippen LogP contribution is -2.24. The van der Waals surface area contributed by atoms with Gasteiger partial charge in [0.1, 0.15) is 10.6 Å². The lowest BCUT2D eigenvalue weighted by atomic mass is 10.2. The second-order valence-corrected chi connectivity index (χ2v) is 7.34. The second kappa shape index (κ2) is 6.82. The molecule has 0 amide bonds. The molecule has 0 saturated heterocycles. The van der Waals surface area contributed by atoms with Crippen molar-refractivity contribution in [3.05, 3.63) is 45.0 Å². The second-order valence-electron chi connectivity index (χ2n) is 5.19. The van der Waals surface area contributed by atoms with Gasteiger partial charge >= 0.3 is 5.97 Å². The Morgan fingerprint density at radius 1 is 1.46 bits per heavy atom. The van der Waals surface area contributed by atoms with E-state index >= 15 is 0 Å². The molecule has 0 aliphatic carbocycles. The summed E-state index contributed by atoms with van der Waals surface area (Å²) in [4.78, 5) is 30.8. The number of aromatic nitrogens is 2. The number of carbonyl (C=O) groups excluding carboxylic acids is 1. The molecule has 0 radical (unpaired) electrons. The van der Waals surface area contributed by atoms with Crippen LogP contribution in [0.3, 0.4) is 0 Å². The zero-order chi connectivity index (χ0) is 17.3. The third-order valence-electron chi connectivity index (χ3n) is 3.69. The zero-order valence-corrected chi connectivity index (χ0v) is 15.1. The van der Waals surface area contributed by atoms with Crippen LogP contribution in [0, 0.1) is 13.8 Å². The van der Waals surface area contributed by atoms with Gasteiger partial charge in [0.2, 0.25) is 0 Å². The molecule has 0 saturated carbocycles. The molecule has 8 heteroatoms. The molecule has 3 aromatic rings. The summed E-state index contributed by atoms with van der Waals surface area (Å²) in [6.45, 7) is 4.17. The smallest absolute Gasteiger partial charge is 0.316 e. The standard InChI is InChI=1S/C16H16N2O4S2/c1-9-10(2)24-14-13(9)15(20)18(7-11-5-4-6-22-11)16(17-14)23-8-12(19)21-3/h4-6H,7-8H2,1-3H3. The molecule has 0 unspecified atom stereocenters. The largest absolute Gasteiger partial charge is 0.468 e. The van der Waals surface area contributed by atoms with E-state index in [1.807, 2.05) is 13.8 Å². The predicted molar refractivity (Wildman–Crippen MR) is 93.9 cm³/mol. The average Bonchev–Trinajstić information content (AvgIpc) is 3.17. The Labute approximate surface area is 146 Å². The Morgan fingerprint density at radius 2 is 2.25 bits per heavy atom. The molecule has 0 N–H and O–H groups in total. The summed E-state index contributed by atoms with van der Waals surface area (Å²) in [6.07, 6.45) is 1.56. The zero-order valence-electron chi connectivity index (χ0n) is 13.5. The molecule has 0 bridgehead atoms. The van der Waals surface area contributed by atoms with Crippen molar-refractivity contribution in [1.82, 2.24) is 9.55 Å². The summed E-state index contributed by atoms with van der Waals surface area (Å²) in [5.41, 5.74) is 0.829. The molecular formula is C16H16N2O4S2. The predicted octanol–water partition coefficient (Wildman–Crippen LogP) is 2.98. The first-order chi connectivity index (χ1) is 11.5. The highest BCUT2D eigenvalue weighted by Crippen LogP contribution is 2.28. The van der Waals surface area contributed by atoms with E-state index in [0.29, 0.717) is 21.1 Å². The lowest BCUT2D eigenvalue weighted by molar-refractivity contribution is -0.137. The highest BCUT2D eigenvalue weighted by molar-refractivity contribution is 7.99. The molecule has 0 spiro atoms. The number of thioether (sulfide) groups is 1. The van der Waals surface area contributed by atoms with E-state index < -0.39 is 0 Å². The molecule has 24 heavy (non-hydrogen) atoms. The molecule has 3 aromatic heterocycles. The molecular weight excluding hydrogens is 348 g/mol. The summed E-state index contributed by atoms with van der Waals surface area (Å²) in [6, 6.07) is 3.57. The van der Waals surface area contributed by atoms with Crippen molar-refractivity contribution in [2.24, 2.45) is 0 Å². The van der Waals surface area contributed by atoms with Gasteiger partial charge in [-0.05, 0) is 31.5 Å². The van der Waals surface area contributed by atoms with Crippen molar-refractivity contribution >= 4 is 39.3 Å². The first-order valence-corrected chi connectivity index (χ1v) is 9.04. The number of nitrogens with zero attached hydrogens (tertiary/aromatic N) is 2. The average molecular weight is 364 g/mol. The van der Waals surface area contributed by atoms with Gasteiger partial charge in [0.25, 0.3) is 5.56 Å². The van der Waals surface area contributed by atoms with Gasteiger partial charge < -0.3 is 9.15 Å². The maximum Gasteiger partial charge on any atom is 0.316 e. The van der Waals surface area contributed by atoms with E-state index in [0.717, 1.165) is 10.4 Å². The van der Waals surface area contributed by atoms with Gasteiger partial charge in [0.15, 0.2) is 5.16 Å². The van der Waals surface area contributed by atoms with Crippen molar-refractivity contribution < 1.29 is 13.9 Å². The van der Waals surface area contributed by atoms with E-state index in [4.69, 9.17) is 4.42 Å². The van der Waals surface area contributed by atoms with Crippen LogP contribution in [0.2, 0.25) is 0 Å². The topological polar surface area (TPSA) is 74.3 Å². The van der Waals surface area contributed by atoms with Gasteiger partial charge in [-0.15, -0.1) is 11.3 Å². The number of ether oxygens (including phenoxy) is 1. The van der Waals surface area contributed by atoms with Crippen LogP contribution in [0.25, 0.3) is 10.2 Å². The van der Waals surface area contributed by atoms with Crippen LogP contribution < -0.4 is 5.56 Å². The van der Waals surface area contributed by atoms with Crippen molar-refractivity contribution in [1.29, 1.82) is 0 Å². The monoisotopic (exact) mass is 364 g/mol. The number of methoxy groups -OCH3 is 1. The number of hydrogen-bond donors (Lipinski definition) is 0. The number of esters is 1. The van der Waals surface area contributed by atoms with Crippen LogP contribution in [-0.2, 0) is 16.1 Å². The minimum absolute atomic E-state index is 0.0932. The van der Waals surface area contributed by atoms with Gasteiger partial charge in [0, 0.05) is 4.88 Å². The Hall–Kier alpha value is -2.06. The maximum atomic E-state index is 13.0. The van der Waals surface area contributed by atoms with Crippen LogP contribution in [0.1, 0.15) is 16.2 Å². The minimum atomic E-state index is -0.363. The SMILES string of the molecule is COC(=O)CSc1nc2sc(C)c(C)c2c(=O)n1Cc1ccco1. The molecule has 126 valence electrons. The van der Waals surface area contributed by atoms with Crippen LogP contribution in [0.4, 0.5) is 0 Å². The van der Waals surface area contributed by atoms with E-state index in [1.54, 1.807) is 23.0 Å². The highest BCUT2D eigenvalue weighted by Gasteiger charge is 2.18. The molecule has 0 atom stereocenters. The van der Waals surface area contributed by atoms with Gasteiger partial charge in [-0.2, -0.15) is 0 Å². The lowest BCUT2D eigenvalue weighted by Gasteiger charge is -2.10. The first-order valence-electron chi connectivity index (χ1n) is 7.23. The van der Waals surface area contributed by atoms with Crippen LogP contribution in [0.15, 0.2) is 32.8 Å². The van der Waals surface area contributed by atoms with Gasteiger partial charge in [0.05, 0.1) is 31.1 Å². The fraction of sp³-hybridized carbons (Fsp3) is 0.312. The normalized spacial score (nSPS) is 11.1. The molecule has 3 rings (SSSR count). The Bertz CT molecular complexity index is 941. The molecule has 0 fully saturated rings. The summed E-state index contributed by atoms with van der Waals surface area (Å²) in [5, 5.41) is 1.11. The minimum Gasteiger partial charge on any atom is -0.468 e. The molecule has 6 nitrogen and oxygen atoms in total. The number of rotatable bonds is 5. The van der Waals surface area contributed by atoms with E-state index in [9.17, 15) is 9.59 Å². The maximum absolute atomic E-state index is 13.0. The van der Waals surface area contributed by atoms with Gasteiger partial charge in [-0.25, -0.2) is 4.98 Å². The van der Waals surface area contributed by atoms with Crippen LogP contribution in [-0.4, -0.2) is 28.4 Å². The fourth-order valence-electron chi connectivity index (χ4n) is 2.30. The number of aryl methyl sites for hydroxylation is 2. The third-order valence-corrected chi connectivity index (χ3v) is 5.75. The van der Waals surface area contributed by atoms with E-state index in [1.165, 1.54) is 30.2 Å². The Balaban J connectivity index is 2.12. The first kappa shape index (κ1) is 16.8. The molecule has 0 aromatic carbocycles. The third kappa shape index (κ3) is 3.11. The Kier molecular flexibility index (Phi) is 4.77. The van der Waals surface area contributed by atoms with Gasteiger partial charge in [-0.3, -0.25) is 14.2 Å². The number of fused-ring (bicyclic) bond motifs is 1. The number of hydrogen-bond acceptors (Lipinski definition) is 7. The fourth-order valence-corrected chi connectivity index (χ4v) is 4.20. The molecule has 0 aliphatic heterocycles. The number of thiophene rings is 1. The van der Waals surface area contributed by atoms with Crippen LogP contribution in [0.5, 0.6) is 0 Å². The summed E-state index contributed by atoms with van der Waals surface area (Å²) >= 11 is 2.67. The molecule has 3 heterocycles. The van der Waals surface area contributed by atoms with Crippen LogP contribution >= 0.6 is 23.1 Å². The van der Waals surface area contributed by atoms with Gasteiger partial charge in [-0.1, -0.05) is 11.8 Å². The van der Waals surface area contributed by atoms with Crippen molar-refractivity contribution in [3.8, 4) is 0 Å². The Morgan fingerprint density at radius 3 is 2.92 bits per heavy atom. The van der Waals surface area contributed by atoms with Crippen molar-refractivity contribution in [2.75, 3.05) is 12.9 Å². The van der Waals surface area contributed by atoms with E-state index in [2.05, 4.69) is 9.72 Å². The summed E-state index contributed by atoms with van der Waals surface area (Å²) < 4.78 is 11.6. The summed E-state index contributed by atoms with van der Waals surface area (Å²) in [5.74, 6) is 0.385. The number of furan rings is 1. The molecule has 0 aliphatic rings. The summed E-state index contributed by atoms with van der Waals surface area (Å²) in [7, 11) is 1.33. The number of carbonyl (C=O) groups is 1. The van der Waals surface area contributed by atoms with Crippen molar-refractivity contribution in [2.45, 2.75) is 25.5 Å². The quantitative estimate of drug-likeness (QED) is 0.394. The highest BCUT2D eigenvalue weighted by atomic mass is 32.2.